The van der Waals surface area contributed by atoms with Crippen molar-refractivity contribution < 1.29 is 0 Å². The number of pyridine rings is 1. The summed E-state index contributed by atoms with van der Waals surface area (Å²) in [4.78, 5) is 4.58. The standard InChI is InChI=1S/C21H18BrClN4/c1-13(15-6-4-3-5-7-15)25-21-11-20-19(12-24-21)14(2)26-27(20)18-9-16(22)8-17(23)10-18/h3-13H,1-2H3,(H,24,25)/t13-/m0/s1. The molecule has 0 spiro atoms. The third-order valence-corrected chi connectivity index (χ3v) is 5.18. The number of hydrogen-bond acceptors (Lipinski definition) is 3. The fraction of sp³-hybridized carbons (Fsp3) is 0.143. The highest BCUT2D eigenvalue weighted by Crippen LogP contribution is 2.28. The van der Waals surface area contributed by atoms with Crippen LogP contribution in [-0.2, 0) is 0 Å². The van der Waals surface area contributed by atoms with Gasteiger partial charge in [0, 0.05) is 33.2 Å². The molecular formula is C21H18BrClN4. The summed E-state index contributed by atoms with van der Waals surface area (Å²) in [7, 11) is 0. The Morgan fingerprint density at radius 3 is 2.63 bits per heavy atom. The van der Waals surface area contributed by atoms with Gasteiger partial charge in [0.2, 0.25) is 0 Å². The molecule has 1 N–H and O–H groups in total. The van der Waals surface area contributed by atoms with E-state index in [1.165, 1.54) is 5.56 Å². The average molecular weight is 442 g/mol. The van der Waals surface area contributed by atoms with Gasteiger partial charge in [0.25, 0.3) is 0 Å². The van der Waals surface area contributed by atoms with Gasteiger partial charge < -0.3 is 5.32 Å². The second kappa shape index (κ2) is 7.33. The van der Waals surface area contributed by atoms with Crippen LogP contribution in [0.1, 0.15) is 24.2 Å². The maximum Gasteiger partial charge on any atom is 0.128 e. The number of halogens is 2. The summed E-state index contributed by atoms with van der Waals surface area (Å²) in [6, 6.07) is 18.3. The Balaban J connectivity index is 1.75. The van der Waals surface area contributed by atoms with Crippen molar-refractivity contribution in [2.45, 2.75) is 19.9 Å². The zero-order valence-electron chi connectivity index (χ0n) is 14.9. The Labute approximate surface area is 171 Å². The zero-order chi connectivity index (χ0) is 19.0. The quantitative estimate of drug-likeness (QED) is 0.403. The molecule has 0 amide bonds. The lowest BCUT2D eigenvalue weighted by Gasteiger charge is -2.15. The van der Waals surface area contributed by atoms with E-state index in [-0.39, 0.29) is 6.04 Å². The molecule has 0 aliphatic rings. The molecule has 0 bridgehead atoms. The smallest absolute Gasteiger partial charge is 0.128 e. The summed E-state index contributed by atoms with van der Waals surface area (Å²) in [6.07, 6.45) is 1.87. The van der Waals surface area contributed by atoms with Gasteiger partial charge >= 0.3 is 0 Å². The number of rotatable bonds is 4. The van der Waals surface area contributed by atoms with Crippen LogP contribution in [0.25, 0.3) is 16.6 Å². The molecule has 136 valence electrons. The first kappa shape index (κ1) is 18.0. The lowest BCUT2D eigenvalue weighted by Crippen LogP contribution is -2.07. The van der Waals surface area contributed by atoms with E-state index in [9.17, 15) is 0 Å². The van der Waals surface area contributed by atoms with Gasteiger partial charge in [-0.1, -0.05) is 57.9 Å². The van der Waals surface area contributed by atoms with Crippen LogP contribution in [0.5, 0.6) is 0 Å². The topological polar surface area (TPSA) is 42.7 Å². The monoisotopic (exact) mass is 440 g/mol. The first-order chi connectivity index (χ1) is 13.0. The average Bonchev–Trinajstić information content (AvgIpc) is 2.98. The van der Waals surface area contributed by atoms with Crippen LogP contribution in [0.4, 0.5) is 5.82 Å². The van der Waals surface area contributed by atoms with Gasteiger partial charge in [-0.15, -0.1) is 0 Å². The van der Waals surface area contributed by atoms with E-state index in [4.69, 9.17) is 16.7 Å². The molecule has 2 aromatic heterocycles. The molecule has 6 heteroatoms. The maximum atomic E-state index is 6.23. The first-order valence-electron chi connectivity index (χ1n) is 8.64. The van der Waals surface area contributed by atoms with Crippen molar-refractivity contribution in [3.05, 3.63) is 81.5 Å². The van der Waals surface area contributed by atoms with E-state index in [0.717, 1.165) is 32.6 Å². The third-order valence-electron chi connectivity index (χ3n) is 4.51. The SMILES string of the molecule is Cc1nn(-c2cc(Cl)cc(Br)c2)c2cc(N[C@@H](C)c3ccccc3)ncc12. The molecule has 4 aromatic rings. The van der Waals surface area contributed by atoms with Gasteiger partial charge in [-0.25, -0.2) is 9.67 Å². The van der Waals surface area contributed by atoms with Crippen LogP contribution in [0.15, 0.2) is 65.3 Å². The molecular weight excluding hydrogens is 424 g/mol. The molecule has 2 aromatic carbocycles. The predicted octanol–water partition coefficient (Wildman–Crippen LogP) is 6.32. The number of aromatic nitrogens is 3. The van der Waals surface area contributed by atoms with Crippen molar-refractivity contribution in [2.24, 2.45) is 0 Å². The van der Waals surface area contributed by atoms with E-state index in [0.29, 0.717) is 5.02 Å². The fourth-order valence-corrected chi connectivity index (χ4v) is 3.98. The highest BCUT2D eigenvalue weighted by atomic mass is 79.9. The molecule has 4 rings (SSSR count). The Hall–Kier alpha value is -2.37. The molecule has 0 saturated heterocycles. The second-order valence-corrected chi connectivity index (χ2v) is 7.84. The summed E-state index contributed by atoms with van der Waals surface area (Å²) in [5, 5.41) is 9.84. The highest BCUT2D eigenvalue weighted by Gasteiger charge is 2.13. The van der Waals surface area contributed by atoms with Crippen molar-refractivity contribution in [3.8, 4) is 5.69 Å². The Bertz CT molecular complexity index is 1090. The van der Waals surface area contributed by atoms with E-state index < -0.39 is 0 Å². The van der Waals surface area contributed by atoms with Crippen molar-refractivity contribution in [1.29, 1.82) is 0 Å². The second-order valence-electron chi connectivity index (χ2n) is 6.49. The number of hydrogen-bond donors (Lipinski definition) is 1. The maximum absolute atomic E-state index is 6.23. The van der Waals surface area contributed by atoms with Gasteiger partial charge in [0.05, 0.1) is 16.9 Å². The summed E-state index contributed by atoms with van der Waals surface area (Å²) in [5.41, 5.74) is 4.03. The normalized spacial score (nSPS) is 12.3. The van der Waals surface area contributed by atoms with Gasteiger partial charge in [0.15, 0.2) is 0 Å². The van der Waals surface area contributed by atoms with Crippen molar-refractivity contribution in [2.75, 3.05) is 5.32 Å². The van der Waals surface area contributed by atoms with Gasteiger partial charge in [-0.05, 0) is 37.6 Å². The highest BCUT2D eigenvalue weighted by molar-refractivity contribution is 9.10. The van der Waals surface area contributed by atoms with E-state index in [1.54, 1.807) is 0 Å². The minimum atomic E-state index is 0.147. The Kier molecular flexibility index (Phi) is 4.89. The molecule has 0 aliphatic heterocycles. The minimum Gasteiger partial charge on any atom is -0.363 e. The van der Waals surface area contributed by atoms with Crippen LogP contribution >= 0.6 is 27.5 Å². The molecule has 0 unspecified atom stereocenters. The van der Waals surface area contributed by atoms with Crippen molar-refractivity contribution in [3.63, 3.8) is 0 Å². The van der Waals surface area contributed by atoms with E-state index in [1.807, 2.05) is 60.3 Å². The van der Waals surface area contributed by atoms with Gasteiger partial charge in [-0.3, -0.25) is 0 Å². The van der Waals surface area contributed by atoms with Crippen molar-refractivity contribution >= 4 is 44.3 Å². The molecule has 27 heavy (non-hydrogen) atoms. The predicted molar refractivity (Wildman–Crippen MR) is 115 cm³/mol. The fourth-order valence-electron chi connectivity index (χ4n) is 3.14. The number of fused-ring (bicyclic) bond motifs is 1. The Morgan fingerprint density at radius 1 is 1.11 bits per heavy atom. The lowest BCUT2D eigenvalue weighted by molar-refractivity contribution is 0.872. The number of aryl methyl sites for hydroxylation is 1. The zero-order valence-corrected chi connectivity index (χ0v) is 17.3. The summed E-state index contributed by atoms with van der Waals surface area (Å²) < 4.78 is 2.82. The van der Waals surface area contributed by atoms with Crippen LogP contribution < -0.4 is 5.32 Å². The Morgan fingerprint density at radius 2 is 1.89 bits per heavy atom. The molecule has 0 radical (unpaired) electrons. The number of anilines is 1. The molecule has 1 atom stereocenters. The molecule has 2 heterocycles. The molecule has 0 saturated carbocycles. The van der Waals surface area contributed by atoms with E-state index >= 15 is 0 Å². The van der Waals surface area contributed by atoms with E-state index in [2.05, 4.69) is 45.3 Å². The number of nitrogens with zero attached hydrogens (tertiary/aromatic N) is 3. The summed E-state index contributed by atoms with van der Waals surface area (Å²) in [5.74, 6) is 0.807. The molecule has 0 fully saturated rings. The summed E-state index contributed by atoms with van der Waals surface area (Å²) >= 11 is 9.73. The van der Waals surface area contributed by atoms with Crippen molar-refractivity contribution in [1.82, 2.24) is 14.8 Å². The van der Waals surface area contributed by atoms with Crippen LogP contribution in [0.2, 0.25) is 5.02 Å². The van der Waals surface area contributed by atoms with Crippen LogP contribution in [-0.4, -0.2) is 14.8 Å². The largest absolute Gasteiger partial charge is 0.363 e. The lowest BCUT2D eigenvalue weighted by atomic mass is 10.1. The summed E-state index contributed by atoms with van der Waals surface area (Å²) in [6.45, 7) is 4.11. The minimum absolute atomic E-state index is 0.147. The molecule has 4 nitrogen and oxygen atoms in total. The number of nitrogens with one attached hydrogen (secondary N) is 1. The third kappa shape index (κ3) is 3.70. The van der Waals surface area contributed by atoms with Gasteiger partial charge in [-0.2, -0.15) is 5.10 Å². The van der Waals surface area contributed by atoms with Gasteiger partial charge in [0.1, 0.15) is 5.82 Å². The van der Waals surface area contributed by atoms with Crippen LogP contribution in [0, 0.1) is 6.92 Å². The molecule has 0 aliphatic carbocycles. The first-order valence-corrected chi connectivity index (χ1v) is 9.82. The number of benzene rings is 2. The van der Waals surface area contributed by atoms with Crippen LogP contribution in [0.3, 0.4) is 0 Å².